The maximum atomic E-state index is 7.02. The number of benzene rings is 10. The van der Waals surface area contributed by atoms with Crippen molar-refractivity contribution in [2.45, 2.75) is 0 Å². The largest absolute Gasteiger partial charge is 0.454 e. The van der Waals surface area contributed by atoms with Gasteiger partial charge in [-0.05, 0) is 74.3 Å². The smallest absolute Gasteiger partial charge is 0.179 e. The van der Waals surface area contributed by atoms with Crippen LogP contribution in [-0.2, 0) is 0 Å². The van der Waals surface area contributed by atoms with E-state index in [-0.39, 0.29) is 0 Å². The molecule has 3 nitrogen and oxygen atoms in total. The minimum atomic E-state index is -2.86. The fourth-order valence-corrected chi connectivity index (χ4v) is 15.5. The van der Waals surface area contributed by atoms with Crippen LogP contribution >= 0.6 is 0 Å². The van der Waals surface area contributed by atoms with Gasteiger partial charge in [0.05, 0.1) is 33.1 Å². The highest BCUT2D eigenvalue weighted by molar-refractivity contribution is 7.19. The Balaban J connectivity index is 1.09. The standard InChI is InChI=1S/C60H40N2OSi/c1-4-19-41(20-5-1)42-21-18-26-47(39-42)64(44-22-6-2-7-23-44,45-24-8-3-9-25-45)46-37-35-43(36-38-46)61-53-31-14-12-29-50(53)52-40-56(60-58(59(52)61)51-30-13-17-34-57(51)63-60)62-54-32-15-10-27-48(54)49-28-11-16-33-55(49)62/h1-40H. The average molecular weight is 833 g/mol. The summed E-state index contributed by atoms with van der Waals surface area (Å²) in [6.07, 6.45) is 0. The van der Waals surface area contributed by atoms with Gasteiger partial charge in [-0.3, -0.25) is 0 Å². The number of furan rings is 1. The Kier molecular flexibility index (Phi) is 8.23. The van der Waals surface area contributed by atoms with E-state index in [4.69, 9.17) is 4.42 Å². The van der Waals surface area contributed by atoms with E-state index in [1.165, 1.54) is 53.4 Å². The molecule has 4 heteroatoms. The van der Waals surface area contributed by atoms with Crippen LogP contribution in [0.4, 0.5) is 0 Å². The molecule has 0 spiro atoms. The number of hydrogen-bond acceptors (Lipinski definition) is 1. The van der Waals surface area contributed by atoms with Crippen molar-refractivity contribution in [1.29, 1.82) is 0 Å². The van der Waals surface area contributed by atoms with E-state index in [0.717, 1.165) is 55.4 Å². The van der Waals surface area contributed by atoms with E-state index in [9.17, 15) is 0 Å². The zero-order valence-corrected chi connectivity index (χ0v) is 35.9. The summed E-state index contributed by atoms with van der Waals surface area (Å²) >= 11 is 0. The van der Waals surface area contributed by atoms with E-state index in [1.807, 2.05) is 0 Å². The highest BCUT2D eigenvalue weighted by Crippen LogP contribution is 2.45. The minimum absolute atomic E-state index is 0.874. The zero-order chi connectivity index (χ0) is 42.2. The summed E-state index contributed by atoms with van der Waals surface area (Å²) in [6.45, 7) is 0. The summed E-state index contributed by atoms with van der Waals surface area (Å²) in [5, 5.41) is 12.4. The monoisotopic (exact) mass is 832 g/mol. The number of para-hydroxylation sites is 4. The molecule has 0 radical (unpaired) electrons. The van der Waals surface area contributed by atoms with Crippen molar-refractivity contribution >= 4 is 94.4 Å². The molecule has 0 aliphatic heterocycles. The molecule has 64 heavy (non-hydrogen) atoms. The van der Waals surface area contributed by atoms with Crippen molar-refractivity contribution in [1.82, 2.24) is 9.13 Å². The minimum Gasteiger partial charge on any atom is -0.454 e. The molecule has 0 saturated heterocycles. The van der Waals surface area contributed by atoms with Gasteiger partial charge in [0.25, 0.3) is 0 Å². The first-order chi connectivity index (χ1) is 31.8. The van der Waals surface area contributed by atoms with Gasteiger partial charge in [0.1, 0.15) is 5.58 Å². The van der Waals surface area contributed by atoms with Crippen LogP contribution in [0, 0.1) is 0 Å². The highest BCUT2D eigenvalue weighted by Gasteiger charge is 2.41. The SMILES string of the molecule is c1ccc(-c2cccc([Si](c3ccccc3)(c3ccccc3)c3ccc(-n4c5ccccc5c5cc(-n6c7ccccc7c7ccccc76)c6oc7ccccc7c6c54)cc3)c2)cc1. The first-order valence-corrected chi connectivity index (χ1v) is 24.0. The molecule has 0 fully saturated rings. The lowest BCUT2D eigenvalue weighted by atomic mass is 10.1. The second kappa shape index (κ2) is 14.5. The lowest BCUT2D eigenvalue weighted by Crippen LogP contribution is -2.74. The molecule has 0 bridgehead atoms. The van der Waals surface area contributed by atoms with Crippen molar-refractivity contribution in [3.05, 3.63) is 243 Å². The molecule has 0 saturated carbocycles. The Morgan fingerprint density at radius 2 is 0.797 bits per heavy atom. The van der Waals surface area contributed by atoms with E-state index >= 15 is 0 Å². The molecule has 0 N–H and O–H groups in total. The molecule has 300 valence electrons. The van der Waals surface area contributed by atoms with Gasteiger partial charge in [-0.2, -0.15) is 0 Å². The normalized spacial score (nSPS) is 12.1. The Hall–Kier alpha value is -8.18. The number of hydrogen-bond donors (Lipinski definition) is 0. The Morgan fingerprint density at radius 3 is 1.42 bits per heavy atom. The predicted molar refractivity (Wildman–Crippen MR) is 271 cm³/mol. The number of rotatable bonds is 7. The number of aromatic nitrogens is 2. The maximum absolute atomic E-state index is 7.02. The van der Waals surface area contributed by atoms with Crippen molar-refractivity contribution in [2.75, 3.05) is 0 Å². The number of nitrogens with zero attached hydrogens (tertiary/aromatic N) is 2. The third-order valence-corrected chi connectivity index (χ3v) is 18.2. The van der Waals surface area contributed by atoms with Crippen LogP contribution in [0.3, 0.4) is 0 Å². The molecule has 13 rings (SSSR count). The first-order valence-electron chi connectivity index (χ1n) is 22.0. The summed E-state index contributed by atoms with van der Waals surface area (Å²) in [5.74, 6) is 0. The lowest BCUT2D eigenvalue weighted by molar-refractivity contribution is 0.666. The van der Waals surface area contributed by atoms with Gasteiger partial charge in [0.2, 0.25) is 0 Å². The molecule has 13 aromatic rings. The first kappa shape index (κ1) is 36.5. The molecule has 3 heterocycles. The van der Waals surface area contributed by atoms with E-state index in [1.54, 1.807) is 0 Å². The van der Waals surface area contributed by atoms with Crippen molar-refractivity contribution in [3.8, 4) is 22.5 Å². The van der Waals surface area contributed by atoms with Gasteiger partial charge in [0.15, 0.2) is 13.7 Å². The summed E-state index contributed by atoms with van der Waals surface area (Å²) in [4.78, 5) is 0. The fourth-order valence-electron chi connectivity index (χ4n) is 10.7. The second-order valence-corrected chi connectivity index (χ2v) is 20.6. The van der Waals surface area contributed by atoms with Gasteiger partial charge < -0.3 is 13.6 Å². The topological polar surface area (TPSA) is 23.0 Å². The zero-order valence-electron chi connectivity index (χ0n) is 34.9. The van der Waals surface area contributed by atoms with Crippen LogP contribution in [0.1, 0.15) is 0 Å². The Labute approximate surface area is 371 Å². The van der Waals surface area contributed by atoms with E-state index < -0.39 is 8.07 Å². The molecule has 0 aliphatic carbocycles. The second-order valence-electron chi connectivity index (χ2n) is 16.8. The van der Waals surface area contributed by atoms with Gasteiger partial charge in [0, 0.05) is 32.6 Å². The van der Waals surface area contributed by atoms with Crippen molar-refractivity contribution in [3.63, 3.8) is 0 Å². The molecule has 0 amide bonds. The summed E-state index contributed by atoms with van der Waals surface area (Å²) in [5.41, 5.74) is 10.9. The quantitative estimate of drug-likeness (QED) is 0.116. The number of fused-ring (bicyclic) bond motifs is 10. The molecular formula is C60H40N2OSi. The van der Waals surface area contributed by atoms with Crippen molar-refractivity contribution in [2.24, 2.45) is 0 Å². The molecular weight excluding hydrogens is 793 g/mol. The van der Waals surface area contributed by atoms with Crippen LogP contribution in [0.2, 0.25) is 0 Å². The highest BCUT2D eigenvalue weighted by atomic mass is 28.3. The van der Waals surface area contributed by atoms with Crippen molar-refractivity contribution < 1.29 is 4.42 Å². The molecule has 0 atom stereocenters. The van der Waals surface area contributed by atoms with Gasteiger partial charge >= 0.3 is 0 Å². The Bertz CT molecular complexity index is 3790. The van der Waals surface area contributed by atoms with Crippen LogP contribution in [0.15, 0.2) is 247 Å². The predicted octanol–water partition coefficient (Wildman–Crippen LogP) is 12.8. The average Bonchev–Trinajstić information content (AvgIpc) is 4.03. The molecule has 0 unspecified atom stereocenters. The third kappa shape index (κ3) is 5.33. The van der Waals surface area contributed by atoms with Gasteiger partial charge in [-0.25, -0.2) is 0 Å². The van der Waals surface area contributed by atoms with Crippen LogP contribution in [0.5, 0.6) is 0 Å². The summed E-state index contributed by atoms with van der Waals surface area (Å²) in [6, 6.07) is 89.1. The molecule has 10 aromatic carbocycles. The van der Waals surface area contributed by atoms with Gasteiger partial charge in [-0.15, -0.1) is 0 Å². The third-order valence-electron chi connectivity index (χ3n) is 13.5. The fraction of sp³-hybridized carbons (Fsp3) is 0. The van der Waals surface area contributed by atoms with E-state index in [2.05, 4.69) is 252 Å². The van der Waals surface area contributed by atoms with E-state index in [0.29, 0.717) is 0 Å². The maximum Gasteiger partial charge on any atom is 0.179 e. The molecule has 0 aliphatic rings. The van der Waals surface area contributed by atoms with Crippen LogP contribution in [0.25, 0.3) is 88.1 Å². The summed E-state index contributed by atoms with van der Waals surface area (Å²) in [7, 11) is -2.86. The summed E-state index contributed by atoms with van der Waals surface area (Å²) < 4.78 is 11.9. The lowest BCUT2D eigenvalue weighted by Gasteiger charge is -2.35. The molecule has 3 aromatic heterocycles. The Morgan fingerprint density at radius 1 is 0.328 bits per heavy atom. The van der Waals surface area contributed by atoms with Crippen LogP contribution < -0.4 is 20.7 Å². The van der Waals surface area contributed by atoms with Gasteiger partial charge in [-0.1, -0.05) is 200 Å². The van der Waals surface area contributed by atoms with Crippen LogP contribution in [-0.4, -0.2) is 17.2 Å².